The highest BCUT2D eigenvalue weighted by Crippen LogP contribution is 2.13. The van der Waals surface area contributed by atoms with Crippen molar-refractivity contribution in [2.24, 2.45) is 0 Å². The number of hydrogen-bond donors (Lipinski definition) is 2. The first-order valence-electron chi connectivity index (χ1n) is 8.43. The van der Waals surface area contributed by atoms with Crippen LogP contribution in [0, 0.1) is 0 Å². The van der Waals surface area contributed by atoms with Gasteiger partial charge in [-0.2, -0.15) is 0 Å². The molecule has 1 rings (SSSR count). The van der Waals surface area contributed by atoms with Crippen LogP contribution in [0.1, 0.15) is 58.3 Å². The number of nitrogens with one attached hydrogen (secondary N) is 2. The molecule has 0 aromatic carbocycles. The van der Waals surface area contributed by atoms with Gasteiger partial charge in [-0.05, 0) is 13.0 Å². The molecule has 1 aliphatic rings. The number of unbranched alkanes of at least 4 members (excludes halogenated alkanes) is 7. The molecule has 1 aliphatic heterocycles. The van der Waals surface area contributed by atoms with E-state index < -0.39 is 0 Å². The van der Waals surface area contributed by atoms with Crippen molar-refractivity contribution in [3.63, 3.8) is 0 Å². The normalized spacial score (nSPS) is 21.1. The second-order valence-electron chi connectivity index (χ2n) is 6.02. The predicted molar refractivity (Wildman–Crippen MR) is 92.3 cm³/mol. The quantitative estimate of drug-likeness (QED) is 0.401. The minimum atomic E-state index is 0. The topological polar surface area (TPSA) is 61.4 Å². The number of rotatable bonds is 13. The fourth-order valence-electron chi connectivity index (χ4n) is 3.05. The zero-order chi connectivity index (χ0) is 15.3. The fraction of sp³-hybridized carbons (Fsp3) is 0.875. The summed E-state index contributed by atoms with van der Waals surface area (Å²) in [4.78, 5) is 23.5. The van der Waals surface area contributed by atoms with E-state index in [0.717, 1.165) is 32.5 Å². The summed E-state index contributed by atoms with van der Waals surface area (Å²) in [6, 6.07) is 0.0866. The standard InChI is InChI=1S/C16H31N3O2.ClH/c1-2-3-4-5-6-7-8-9-10-19-11-15(17-13-20)16(12-19)18-14-21;/h13-16H,2-12H2,1H3,(H,17,20)(H,18,21);1H. The lowest BCUT2D eigenvalue weighted by atomic mass is 10.1. The average molecular weight is 334 g/mol. The smallest absolute Gasteiger partial charge is 0.207 e. The Bertz CT molecular complexity index is 275. The van der Waals surface area contributed by atoms with Crippen LogP contribution in [0.25, 0.3) is 0 Å². The van der Waals surface area contributed by atoms with Crippen LogP contribution in [0.15, 0.2) is 0 Å². The number of amides is 2. The maximum Gasteiger partial charge on any atom is 0.207 e. The van der Waals surface area contributed by atoms with Gasteiger partial charge in [-0.25, -0.2) is 0 Å². The Balaban J connectivity index is 0.00000441. The molecule has 2 unspecified atom stereocenters. The number of nitrogens with zero attached hydrogens (tertiary/aromatic N) is 1. The highest BCUT2D eigenvalue weighted by atomic mass is 35.5. The Morgan fingerprint density at radius 2 is 1.32 bits per heavy atom. The summed E-state index contributed by atoms with van der Waals surface area (Å²) in [7, 11) is 0. The van der Waals surface area contributed by atoms with Crippen molar-refractivity contribution in [3.05, 3.63) is 0 Å². The molecule has 2 amide bonds. The molecule has 0 aromatic rings. The zero-order valence-electron chi connectivity index (χ0n) is 13.8. The van der Waals surface area contributed by atoms with Crippen LogP contribution >= 0.6 is 12.4 Å². The van der Waals surface area contributed by atoms with Crippen LogP contribution < -0.4 is 10.6 Å². The van der Waals surface area contributed by atoms with E-state index in [0.29, 0.717) is 0 Å². The van der Waals surface area contributed by atoms with Crippen LogP contribution in [0.2, 0.25) is 0 Å². The van der Waals surface area contributed by atoms with Crippen molar-refractivity contribution >= 4 is 25.2 Å². The summed E-state index contributed by atoms with van der Waals surface area (Å²) in [5.74, 6) is 0. The molecule has 0 radical (unpaired) electrons. The van der Waals surface area contributed by atoms with Crippen LogP contribution in [0.5, 0.6) is 0 Å². The Morgan fingerprint density at radius 1 is 0.864 bits per heavy atom. The molecule has 0 saturated carbocycles. The van der Waals surface area contributed by atoms with Crippen molar-refractivity contribution in [3.8, 4) is 0 Å². The number of carbonyl (C=O) groups excluding carboxylic acids is 2. The molecule has 1 saturated heterocycles. The lowest BCUT2D eigenvalue weighted by Crippen LogP contribution is -2.46. The van der Waals surface area contributed by atoms with E-state index in [-0.39, 0.29) is 24.5 Å². The van der Waals surface area contributed by atoms with Gasteiger partial charge in [0.05, 0.1) is 12.1 Å². The van der Waals surface area contributed by atoms with Gasteiger partial charge in [-0.1, -0.05) is 51.9 Å². The van der Waals surface area contributed by atoms with Crippen molar-refractivity contribution in [1.29, 1.82) is 0 Å². The summed E-state index contributed by atoms with van der Waals surface area (Å²) in [5.41, 5.74) is 0. The van der Waals surface area contributed by atoms with Gasteiger partial charge < -0.3 is 10.6 Å². The number of halogens is 1. The molecule has 0 aromatic heterocycles. The SMILES string of the molecule is CCCCCCCCCCN1CC(NC=O)C(NC=O)C1.Cl. The predicted octanol–water partition coefficient (Wildman–Crippen LogP) is 2.09. The van der Waals surface area contributed by atoms with Gasteiger partial charge in [-0.15, -0.1) is 12.4 Å². The number of hydrogen-bond acceptors (Lipinski definition) is 3. The maximum absolute atomic E-state index is 10.6. The molecule has 0 spiro atoms. The monoisotopic (exact) mass is 333 g/mol. The van der Waals surface area contributed by atoms with Gasteiger partial charge in [0, 0.05) is 13.1 Å². The van der Waals surface area contributed by atoms with Gasteiger partial charge in [-0.3, -0.25) is 14.5 Å². The highest BCUT2D eigenvalue weighted by molar-refractivity contribution is 5.85. The van der Waals surface area contributed by atoms with E-state index in [1.807, 2.05) is 0 Å². The number of likely N-dealkylation sites (tertiary alicyclic amines) is 1. The van der Waals surface area contributed by atoms with Crippen molar-refractivity contribution in [1.82, 2.24) is 15.5 Å². The van der Waals surface area contributed by atoms with E-state index >= 15 is 0 Å². The Labute approximate surface area is 141 Å². The van der Waals surface area contributed by atoms with E-state index in [9.17, 15) is 9.59 Å². The summed E-state index contributed by atoms with van der Waals surface area (Å²) >= 11 is 0. The highest BCUT2D eigenvalue weighted by Gasteiger charge is 2.31. The second kappa shape index (κ2) is 13.8. The van der Waals surface area contributed by atoms with E-state index in [2.05, 4.69) is 22.5 Å². The molecule has 1 heterocycles. The Morgan fingerprint density at radius 3 is 1.77 bits per heavy atom. The summed E-state index contributed by atoms with van der Waals surface area (Å²) in [6.07, 6.45) is 12.0. The maximum atomic E-state index is 10.6. The molecule has 0 bridgehead atoms. The lowest BCUT2D eigenvalue weighted by molar-refractivity contribution is -0.112. The molecule has 22 heavy (non-hydrogen) atoms. The third-order valence-corrected chi connectivity index (χ3v) is 4.29. The lowest BCUT2D eigenvalue weighted by Gasteiger charge is -2.15. The van der Waals surface area contributed by atoms with Gasteiger partial charge in [0.25, 0.3) is 0 Å². The van der Waals surface area contributed by atoms with E-state index in [1.54, 1.807) is 0 Å². The third kappa shape index (κ3) is 8.59. The van der Waals surface area contributed by atoms with Crippen LogP contribution in [0.4, 0.5) is 0 Å². The van der Waals surface area contributed by atoms with Gasteiger partial charge >= 0.3 is 0 Å². The van der Waals surface area contributed by atoms with Crippen LogP contribution in [-0.2, 0) is 9.59 Å². The van der Waals surface area contributed by atoms with Crippen molar-refractivity contribution in [2.45, 2.75) is 70.4 Å². The summed E-state index contributed by atoms with van der Waals surface area (Å²) in [6.45, 7) is 4.97. The Kier molecular flexibility index (Phi) is 13.3. The molecular formula is C16H32ClN3O2. The van der Waals surface area contributed by atoms with Gasteiger partial charge in [0.2, 0.25) is 12.8 Å². The minimum absolute atomic E-state index is 0. The van der Waals surface area contributed by atoms with Crippen LogP contribution in [-0.4, -0.2) is 49.4 Å². The molecule has 5 nitrogen and oxygen atoms in total. The summed E-state index contributed by atoms with van der Waals surface area (Å²) < 4.78 is 0. The molecule has 0 aliphatic carbocycles. The van der Waals surface area contributed by atoms with E-state index in [4.69, 9.17) is 0 Å². The van der Waals surface area contributed by atoms with Gasteiger partial charge in [0.1, 0.15) is 0 Å². The van der Waals surface area contributed by atoms with Crippen molar-refractivity contribution < 1.29 is 9.59 Å². The minimum Gasteiger partial charge on any atom is -0.353 e. The first-order chi connectivity index (χ1) is 10.3. The van der Waals surface area contributed by atoms with E-state index in [1.165, 1.54) is 51.4 Å². The van der Waals surface area contributed by atoms with Crippen molar-refractivity contribution in [2.75, 3.05) is 19.6 Å². The Hall–Kier alpha value is -0.810. The molecular weight excluding hydrogens is 302 g/mol. The molecule has 130 valence electrons. The molecule has 6 heteroatoms. The first-order valence-corrected chi connectivity index (χ1v) is 8.43. The largest absolute Gasteiger partial charge is 0.353 e. The number of carbonyl (C=O) groups is 2. The summed E-state index contributed by atoms with van der Waals surface area (Å²) in [5, 5.41) is 5.59. The first kappa shape index (κ1) is 21.2. The molecule has 2 N–H and O–H groups in total. The molecule has 1 fully saturated rings. The molecule has 2 atom stereocenters. The zero-order valence-corrected chi connectivity index (χ0v) is 14.6. The second-order valence-corrected chi connectivity index (χ2v) is 6.02. The fourth-order valence-corrected chi connectivity index (χ4v) is 3.05. The average Bonchev–Trinajstić information content (AvgIpc) is 2.85. The van der Waals surface area contributed by atoms with Gasteiger partial charge in [0.15, 0.2) is 0 Å². The third-order valence-electron chi connectivity index (χ3n) is 4.29. The van der Waals surface area contributed by atoms with Crippen LogP contribution in [0.3, 0.4) is 0 Å².